The first-order chi connectivity index (χ1) is 13.9. The molecule has 0 fully saturated rings. The lowest BCUT2D eigenvalue weighted by Crippen LogP contribution is -2.37. The lowest BCUT2D eigenvalue weighted by molar-refractivity contribution is -0.136. The molecule has 0 aliphatic carbocycles. The quantitative estimate of drug-likeness (QED) is 0.630. The number of para-hydroxylation sites is 2. The number of amides is 2. The van der Waals surface area contributed by atoms with Gasteiger partial charge in [-0.1, -0.05) is 41.9 Å². The number of carbonyl (C=O) groups excluding carboxylic acids is 3. The Morgan fingerprint density at radius 3 is 2.55 bits per heavy atom. The van der Waals surface area contributed by atoms with Gasteiger partial charge >= 0.3 is 5.97 Å². The third-order valence-corrected chi connectivity index (χ3v) is 4.73. The van der Waals surface area contributed by atoms with Gasteiger partial charge in [0.25, 0.3) is 5.91 Å². The van der Waals surface area contributed by atoms with Crippen LogP contribution in [0, 0.1) is 0 Å². The highest BCUT2D eigenvalue weighted by Gasteiger charge is 2.19. The van der Waals surface area contributed by atoms with Gasteiger partial charge < -0.3 is 19.5 Å². The number of benzene rings is 2. The Bertz CT molecular complexity index is 1080. The van der Waals surface area contributed by atoms with E-state index in [-0.39, 0.29) is 6.54 Å². The van der Waals surface area contributed by atoms with E-state index in [1.807, 2.05) is 35.9 Å². The Balaban J connectivity index is 1.55. The Morgan fingerprint density at radius 2 is 1.79 bits per heavy atom. The van der Waals surface area contributed by atoms with Crippen molar-refractivity contribution in [3.63, 3.8) is 0 Å². The fourth-order valence-corrected chi connectivity index (χ4v) is 3.06. The van der Waals surface area contributed by atoms with Crippen LogP contribution in [0.3, 0.4) is 0 Å². The minimum Gasteiger partial charge on any atom is -0.452 e. The van der Waals surface area contributed by atoms with E-state index in [0.29, 0.717) is 16.3 Å². The van der Waals surface area contributed by atoms with Crippen molar-refractivity contribution in [3.8, 4) is 0 Å². The predicted molar refractivity (Wildman–Crippen MR) is 111 cm³/mol. The number of carbonyl (C=O) groups is 3. The Hall–Kier alpha value is -3.32. The van der Waals surface area contributed by atoms with Crippen LogP contribution in [0.15, 0.2) is 54.7 Å². The highest BCUT2D eigenvalue weighted by atomic mass is 35.5. The Morgan fingerprint density at radius 1 is 1.10 bits per heavy atom. The number of nitrogens with zero attached hydrogens (tertiary/aromatic N) is 2. The highest BCUT2D eigenvalue weighted by Crippen LogP contribution is 2.21. The topological polar surface area (TPSA) is 80.6 Å². The molecule has 1 N–H and O–H groups in total. The SMILES string of the molecule is CN(CC(=O)Nc1ccccc1Cl)C(=O)COC(=O)c1cn(C)c2ccccc12. The molecule has 2 amide bonds. The number of rotatable bonds is 6. The standard InChI is InChI=1S/C21H20ClN3O4/c1-24-11-15(14-7-3-6-10-18(14)24)21(28)29-13-20(27)25(2)12-19(26)23-17-9-5-4-8-16(17)22/h3-11H,12-13H2,1-2H3,(H,23,26). The second-order valence-electron chi connectivity index (χ2n) is 6.52. The third-order valence-electron chi connectivity index (χ3n) is 4.40. The highest BCUT2D eigenvalue weighted by molar-refractivity contribution is 6.33. The number of ether oxygens (including phenoxy) is 1. The number of nitrogens with one attached hydrogen (secondary N) is 1. The van der Waals surface area contributed by atoms with Crippen molar-refractivity contribution in [2.75, 3.05) is 25.5 Å². The zero-order chi connectivity index (χ0) is 21.0. The van der Waals surface area contributed by atoms with Crippen molar-refractivity contribution in [1.29, 1.82) is 0 Å². The van der Waals surface area contributed by atoms with Crippen molar-refractivity contribution in [3.05, 3.63) is 65.3 Å². The lowest BCUT2D eigenvalue weighted by atomic mass is 10.2. The molecule has 3 aromatic rings. The summed E-state index contributed by atoms with van der Waals surface area (Å²) >= 11 is 6.00. The molecule has 0 radical (unpaired) electrons. The number of hydrogen-bond donors (Lipinski definition) is 1. The molecular formula is C21H20ClN3O4. The summed E-state index contributed by atoms with van der Waals surface area (Å²) < 4.78 is 6.97. The first-order valence-electron chi connectivity index (χ1n) is 8.86. The van der Waals surface area contributed by atoms with E-state index in [1.165, 1.54) is 11.9 Å². The van der Waals surface area contributed by atoms with Crippen molar-refractivity contribution >= 4 is 46.0 Å². The average Bonchev–Trinajstić information content (AvgIpc) is 3.04. The van der Waals surface area contributed by atoms with Crippen LogP contribution in [0.4, 0.5) is 5.69 Å². The van der Waals surface area contributed by atoms with Crippen LogP contribution in [0.2, 0.25) is 5.02 Å². The molecule has 150 valence electrons. The number of hydrogen-bond acceptors (Lipinski definition) is 4. The van der Waals surface area contributed by atoms with E-state index < -0.39 is 24.4 Å². The first kappa shape index (κ1) is 20.4. The van der Waals surface area contributed by atoms with Crippen LogP contribution < -0.4 is 5.32 Å². The molecule has 0 saturated heterocycles. The number of aryl methyl sites for hydroxylation is 1. The first-order valence-corrected chi connectivity index (χ1v) is 9.24. The molecule has 1 aromatic heterocycles. The number of fused-ring (bicyclic) bond motifs is 1. The molecule has 0 unspecified atom stereocenters. The Labute approximate surface area is 172 Å². The summed E-state index contributed by atoms with van der Waals surface area (Å²) in [4.78, 5) is 37.9. The maximum atomic E-state index is 12.4. The number of anilines is 1. The molecule has 0 aliphatic heterocycles. The minimum absolute atomic E-state index is 0.199. The second-order valence-corrected chi connectivity index (χ2v) is 6.93. The normalized spacial score (nSPS) is 10.6. The average molecular weight is 414 g/mol. The monoisotopic (exact) mass is 413 g/mol. The van der Waals surface area contributed by atoms with Crippen LogP contribution >= 0.6 is 11.6 Å². The summed E-state index contributed by atoms with van der Waals surface area (Å²) in [7, 11) is 3.29. The minimum atomic E-state index is -0.593. The van der Waals surface area contributed by atoms with Crippen molar-refractivity contribution in [2.45, 2.75) is 0 Å². The van der Waals surface area contributed by atoms with Crippen LogP contribution in [-0.4, -0.2) is 47.4 Å². The number of halogens is 1. The number of aromatic nitrogens is 1. The fourth-order valence-electron chi connectivity index (χ4n) is 2.88. The van der Waals surface area contributed by atoms with E-state index in [9.17, 15) is 14.4 Å². The van der Waals surface area contributed by atoms with Gasteiger partial charge in [-0.2, -0.15) is 0 Å². The molecule has 0 atom stereocenters. The fraction of sp³-hybridized carbons (Fsp3) is 0.190. The molecule has 3 rings (SSSR count). The Kier molecular flexibility index (Phi) is 6.19. The van der Waals surface area contributed by atoms with Gasteiger partial charge in [-0.3, -0.25) is 9.59 Å². The van der Waals surface area contributed by atoms with Gasteiger partial charge in [-0.05, 0) is 18.2 Å². The van der Waals surface area contributed by atoms with Crippen molar-refractivity contribution in [2.24, 2.45) is 7.05 Å². The molecule has 7 nitrogen and oxygen atoms in total. The smallest absolute Gasteiger partial charge is 0.340 e. The van der Waals surface area contributed by atoms with E-state index in [0.717, 1.165) is 10.9 Å². The van der Waals surface area contributed by atoms with E-state index >= 15 is 0 Å². The van der Waals surface area contributed by atoms with Gasteiger partial charge in [-0.25, -0.2) is 4.79 Å². The maximum absolute atomic E-state index is 12.4. The van der Waals surface area contributed by atoms with Crippen LogP contribution in [0.5, 0.6) is 0 Å². The molecule has 0 saturated carbocycles. The predicted octanol–water partition coefficient (Wildman–Crippen LogP) is 3.09. The second kappa shape index (κ2) is 8.79. The van der Waals surface area contributed by atoms with Gasteiger partial charge in [0.1, 0.15) is 0 Å². The van der Waals surface area contributed by atoms with Gasteiger partial charge in [0.05, 0.1) is 22.8 Å². The molecule has 0 spiro atoms. The van der Waals surface area contributed by atoms with Gasteiger partial charge in [0, 0.05) is 31.2 Å². The van der Waals surface area contributed by atoms with Crippen molar-refractivity contribution in [1.82, 2.24) is 9.47 Å². The van der Waals surface area contributed by atoms with Gasteiger partial charge in [0.15, 0.2) is 6.61 Å². The molecule has 2 aromatic carbocycles. The summed E-state index contributed by atoms with van der Waals surface area (Å²) in [6, 6.07) is 14.2. The summed E-state index contributed by atoms with van der Waals surface area (Å²) in [6.07, 6.45) is 1.66. The van der Waals surface area contributed by atoms with E-state index in [2.05, 4.69) is 5.32 Å². The molecule has 0 bridgehead atoms. The molecule has 8 heteroatoms. The van der Waals surface area contributed by atoms with Crippen molar-refractivity contribution < 1.29 is 19.1 Å². The summed E-state index contributed by atoms with van der Waals surface area (Å²) in [5.41, 5.74) is 1.73. The van der Waals surface area contributed by atoms with Crippen LogP contribution in [-0.2, 0) is 21.4 Å². The van der Waals surface area contributed by atoms with Gasteiger partial charge in [-0.15, -0.1) is 0 Å². The summed E-state index contributed by atoms with van der Waals surface area (Å²) in [5, 5.41) is 3.79. The molecule has 1 heterocycles. The molecule has 29 heavy (non-hydrogen) atoms. The van der Waals surface area contributed by atoms with E-state index in [4.69, 9.17) is 16.3 Å². The zero-order valence-corrected chi connectivity index (χ0v) is 16.8. The third kappa shape index (κ3) is 4.75. The van der Waals surface area contributed by atoms with Crippen LogP contribution in [0.1, 0.15) is 10.4 Å². The largest absolute Gasteiger partial charge is 0.452 e. The van der Waals surface area contributed by atoms with Gasteiger partial charge in [0.2, 0.25) is 5.91 Å². The molecule has 0 aliphatic rings. The van der Waals surface area contributed by atoms with E-state index in [1.54, 1.807) is 30.5 Å². The summed E-state index contributed by atoms with van der Waals surface area (Å²) in [6.45, 7) is -0.659. The zero-order valence-electron chi connectivity index (χ0n) is 16.0. The lowest BCUT2D eigenvalue weighted by Gasteiger charge is -2.17. The molecular weight excluding hydrogens is 394 g/mol. The van der Waals surface area contributed by atoms with Crippen LogP contribution in [0.25, 0.3) is 10.9 Å². The summed E-state index contributed by atoms with van der Waals surface area (Å²) in [5.74, 6) is -1.49. The number of esters is 1. The number of likely N-dealkylation sites (N-methyl/N-ethyl adjacent to an activating group) is 1. The maximum Gasteiger partial charge on any atom is 0.340 e.